The molecule has 39 heavy (non-hydrogen) atoms. The Labute approximate surface area is 233 Å². The highest BCUT2D eigenvalue weighted by Gasteiger charge is 2.36. The second-order valence-corrected chi connectivity index (χ2v) is 12.3. The smallest absolute Gasteiger partial charge is 0.237 e. The maximum absolute atomic E-state index is 13.7. The van der Waals surface area contributed by atoms with Gasteiger partial charge in [-0.3, -0.25) is 14.4 Å². The molecule has 2 aliphatic carbocycles. The maximum atomic E-state index is 13.7. The minimum Gasteiger partial charge on any atom is -0.390 e. The number of nitrogens with zero attached hydrogens (tertiary/aromatic N) is 1. The minimum absolute atomic E-state index is 0.0246. The molecule has 0 unspecified atom stereocenters. The molecule has 5 N–H and O–H groups in total. The summed E-state index contributed by atoms with van der Waals surface area (Å²) in [5.74, 6) is -0.710. The third-order valence-corrected chi connectivity index (χ3v) is 8.18. The molecular formula is C31H49N3O5. The summed E-state index contributed by atoms with van der Waals surface area (Å²) in [6.45, 7) is 4.02. The molecule has 0 heterocycles. The van der Waals surface area contributed by atoms with Gasteiger partial charge < -0.3 is 26.2 Å². The normalized spacial score (nSPS) is 19.2. The van der Waals surface area contributed by atoms with E-state index >= 15 is 0 Å². The fourth-order valence-corrected chi connectivity index (χ4v) is 5.86. The van der Waals surface area contributed by atoms with Crippen molar-refractivity contribution in [3.63, 3.8) is 0 Å². The fraction of sp³-hybridized carbons (Fsp3) is 0.710. The van der Waals surface area contributed by atoms with Crippen LogP contribution < -0.4 is 11.1 Å². The van der Waals surface area contributed by atoms with Gasteiger partial charge in [-0.2, -0.15) is 0 Å². The summed E-state index contributed by atoms with van der Waals surface area (Å²) in [6, 6.07) is 8.83. The molecule has 3 rings (SSSR count). The van der Waals surface area contributed by atoms with Crippen LogP contribution in [0.2, 0.25) is 0 Å². The standard InChI is InChI=1S/C31H49N3O5/c1-21(2)15-27(35)30(38)26(17-22-9-5-3-6-10-22)33-31(39)25(16-23-13-14-23)18-29(37)34(20-28(32)36)19-24-11-7-4-8-12-24/h4,7-8,11-12,21-23,25-27,30,35,38H,3,5-6,9-10,13-20H2,1-2H3,(H2,32,36)(H,33,39)/t25-,26+,27+,30-/m1/s1. The van der Waals surface area contributed by atoms with Gasteiger partial charge in [0.1, 0.15) is 6.10 Å². The second-order valence-electron chi connectivity index (χ2n) is 12.3. The van der Waals surface area contributed by atoms with E-state index in [1.165, 1.54) is 11.3 Å². The topological polar surface area (TPSA) is 133 Å². The van der Waals surface area contributed by atoms with Crippen LogP contribution in [-0.4, -0.2) is 57.6 Å². The van der Waals surface area contributed by atoms with Crippen LogP contribution in [0.5, 0.6) is 0 Å². The molecule has 3 amide bonds. The number of aliphatic hydroxyl groups excluding tert-OH is 2. The molecule has 1 aromatic rings. The molecule has 0 spiro atoms. The van der Waals surface area contributed by atoms with Gasteiger partial charge in [-0.05, 0) is 42.6 Å². The van der Waals surface area contributed by atoms with Gasteiger partial charge in [-0.25, -0.2) is 0 Å². The number of hydrogen-bond acceptors (Lipinski definition) is 5. The van der Waals surface area contributed by atoms with Crippen LogP contribution in [-0.2, 0) is 20.9 Å². The lowest BCUT2D eigenvalue weighted by molar-refractivity contribution is -0.139. The third-order valence-electron chi connectivity index (χ3n) is 8.18. The van der Waals surface area contributed by atoms with Crippen molar-refractivity contribution in [3.05, 3.63) is 35.9 Å². The summed E-state index contributed by atoms with van der Waals surface area (Å²) < 4.78 is 0. The van der Waals surface area contributed by atoms with Crippen LogP contribution in [0.3, 0.4) is 0 Å². The Bertz CT molecular complexity index is 914. The first-order valence-electron chi connectivity index (χ1n) is 14.9. The summed E-state index contributed by atoms with van der Waals surface area (Å²) in [5.41, 5.74) is 6.33. The second kappa shape index (κ2) is 15.4. The van der Waals surface area contributed by atoms with Crippen molar-refractivity contribution in [2.24, 2.45) is 29.4 Å². The molecule has 8 nitrogen and oxygen atoms in total. The summed E-state index contributed by atoms with van der Waals surface area (Å²) >= 11 is 0. The van der Waals surface area contributed by atoms with E-state index in [-0.39, 0.29) is 37.2 Å². The van der Waals surface area contributed by atoms with Crippen LogP contribution in [0.15, 0.2) is 30.3 Å². The molecule has 218 valence electrons. The molecule has 2 fully saturated rings. The predicted molar refractivity (Wildman–Crippen MR) is 151 cm³/mol. The van der Waals surface area contributed by atoms with E-state index in [0.29, 0.717) is 31.1 Å². The van der Waals surface area contributed by atoms with Gasteiger partial charge in [-0.1, -0.05) is 89.1 Å². The average Bonchev–Trinajstić information content (AvgIpc) is 3.71. The van der Waals surface area contributed by atoms with Crippen LogP contribution in [0, 0.1) is 23.7 Å². The van der Waals surface area contributed by atoms with E-state index < -0.39 is 30.1 Å². The Balaban J connectivity index is 1.73. The molecule has 0 bridgehead atoms. The Morgan fingerprint density at radius 3 is 2.21 bits per heavy atom. The van der Waals surface area contributed by atoms with Gasteiger partial charge in [0.2, 0.25) is 17.7 Å². The molecule has 0 aromatic heterocycles. The number of rotatable bonds is 16. The predicted octanol–water partition coefficient (Wildman–Crippen LogP) is 3.53. The number of amides is 3. The number of carbonyl (C=O) groups is 3. The number of nitrogens with two attached hydrogens (primary N) is 1. The van der Waals surface area contributed by atoms with E-state index in [2.05, 4.69) is 5.32 Å². The highest BCUT2D eigenvalue weighted by molar-refractivity contribution is 5.88. The van der Waals surface area contributed by atoms with E-state index in [9.17, 15) is 24.6 Å². The zero-order valence-corrected chi connectivity index (χ0v) is 23.8. The lowest BCUT2D eigenvalue weighted by atomic mass is 9.82. The van der Waals surface area contributed by atoms with Gasteiger partial charge in [0.25, 0.3) is 0 Å². The van der Waals surface area contributed by atoms with Crippen molar-refractivity contribution in [3.8, 4) is 0 Å². The lowest BCUT2D eigenvalue weighted by Crippen LogP contribution is -2.51. The SMILES string of the molecule is CC(C)C[C@H](O)[C@H](O)[C@H](CC1CCCCC1)NC(=O)[C@@H](CC(=O)N(CC(N)=O)Cc1ccccc1)CC1CC1. The van der Waals surface area contributed by atoms with Crippen molar-refractivity contribution < 1.29 is 24.6 Å². The summed E-state index contributed by atoms with van der Waals surface area (Å²) in [7, 11) is 0. The molecule has 1 aromatic carbocycles. The monoisotopic (exact) mass is 543 g/mol. The number of primary amides is 1. The number of carbonyl (C=O) groups excluding carboxylic acids is 3. The highest BCUT2D eigenvalue weighted by Crippen LogP contribution is 2.37. The molecular weight excluding hydrogens is 494 g/mol. The zero-order valence-electron chi connectivity index (χ0n) is 23.8. The first kappa shape index (κ1) is 31.1. The first-order valence-corrected chi connectivity index (χ1v) is 14.9. The van der Waals surface area contributed by atoms with Crippen molar-refractivity contribution in [2.45, 2.75) is 109 Å². The van der Waals surface area contributed by atoms with E-state index in [1.54, 1.807) is 0 Å². The number of hydrogen-bond donors (Lipinski definition) is 4. The molecule has 2 aliphatic rings. The van der Waals surface area contributed by atoms with Crippen LogP contribution in [0.25, 0.3) is 0 Å². The molecule has 0 aliphatic heterocycles. The number of aliphatic hydroxyl groups is 2. The van der Waals surface area contributed by atoms with Crippen LogP contribution in [0.1, 0.15) is 90.0 Å². The van der Waals surface area contributed by atoms with Crippen LogP contribution >= 0.6 is 0 Å². The first-order chi connectivity index (χ1) is 18.6. The Morgan fingerprint density at radius 1 is 0.974 bits per heavy atom. The molecule has 2 saturated carbocycles. The number of nitrogens with one attached hydrogen (secondary N) is 1. The van der Waals surface area contributed by atoms with Gasteiger partial charge in [-0.15, -0.1) is 0 Å². The minimum atomic E-state index is -1.07. The highest BCUT2D eigenvalue weighted by atomic mass is 16.3. The Morgan fingerprint density at radius 2 is 1.62 bits per heavy atom. The maximum Gasteiger partial charge on any atom is 0.237 e. The van der Waals surface area contributed by atoms with Gasteiger partial charge in [0, 0.05) is 18.9 Å². The lowest BCUT2D eigenvalue weighted by Gasteiger charge is -2.34. The van der Waals surface area contributed by atoms with Crippen molar-refractivity contribution in [2.75, 3.05) is 6.54 Å². The van der Waals surface area contributed by atoms with E-state index in [1.807, 2.05) is 44.2 Å². The van der Waals surface area contributed by atoms with E-state index in [4.69, 9.17) is 5.73 Å². The fourth-order valence-electron chi connectivity index (χ4n) is 5.86. The zero-order chi connectivity index (χ0) is 28.4. The summed E-state index contributed by atoms with van der Waals surface area (Å²) in [6.07, 6.45) is 7.33. The summed E-state index contributed by atoms with van der Waals surface area (Å²) in [4.78, 5) is 40.3. The van der Waals surface area contributed by atoms with Crippen molar-refractivity contribution >= 4 is 17.7 Å². The molecule has 0 saturated heterocycles. The number of benzene rings is 1. The largest absolute Gasteiger partial charge is 0.390 e. The van der Waals surface area contributed by atoms with Crippen molar-refractivity contribution in [1.82, 2.24) is 10.2 Å². The van der Waals surface area contributed by atoms with Crippen LogP contribution in [0.4, 0.5) is 0 Å². The van der Waals surface area contributed by atoms with Gasteiger partial charge >= 0.3 is 0 Å². The quantitative estimate of drug-likeness (QED) is 0.253. The Kier molecular flexibility index (Phi) is 12.2. The third kappa shape index (κ3) is 10.9. The molecule has 0 radical (unpaired) electrons. The summed E-state index contributed by atoms with van der Waals surface area (Å²) in [5, 5.41) is 24.9. The molecule has 4 atom stereocenters. The van der Waals surface area contributed by atoms with E-state index in [0.717, 1.165) is 44.1 Å². The Hall–Kier alpha value is -2.45. The van der Waals surface area contributed by atoms with Gasteiger partial charge in [0.15, 0.2) is 0 Å². The average molecular weight is 544 g/mol. The van der Waals surface area contributed by atoms with Crippen molar-refractivity contribution in [1.29, 1.82) is 0 Å². The molecule has 8 heteroatoms. The van der Waals surface area contributed by atoms with Gasteiger partial charge in [0.05, 0.1) is 18.7 Å².